The summed E-state index contributed by atoms with van der Waals surface area (Å²) in [4.78, 5) is 0. The first-order valence-electron chi connectivity index (χ1n) is 5.81. The van der Waals surface area contributed by atoms with Gasteiger partial charge in [-0.05, 0) is 43.4 Å². The molecule has 0 unspecified atom stereocenters. The molecule has 0 aromatic heterocycles. The second-order valence-electron chi connectivity index (χ2n) is 4.41. The van der Waals surface area contributed by atoms with Crippen LogP contribution in [0.4, 0.5) is 5.69 Å². The highest BCUT2D eigenvalue weighted by Crippen LogP contribution is 2.29. The van der Waals surface area contributed by atoms with Crippen molar-refractivity contribution in [2.45, 2.75) is 25.7 Å². The molecule has 0 atom stereocenters. The summed E-state index contributed by atoms with van der Waals surface area (Å²) in [5, 5.41) is 3.44. The number of hydrogen-bond donors (Lipinski definition) is 1. The summed E-state index contributed by atoms with van der Waals surface area (Å²) in [6.07, 6.45) is 5.02. The third-order valence-electron chi connectivity index (χ3n) is 3.08. The van der Waals surface area contributed by atoms with E-state index in [0.717, 1.165) is 6.54 Å². The second kappa shape index (κ2) is 3.62. The van der Waals surface area contributed by atoms with Crippen LogP contribution in [0.3, 0.4) is 0 Å². The molecule has 0 saturated heterocycles. The zero-order valence-corrected chi connectivity index (χ0v) is 8.84. The lowest BCUT2D eigenvalue weighted by atomic mass is 9.98. The lowest BCUT2D eigenvalue weighted by Crippen LogP contribution is -2.12. The van der Waals surface area contributed by atoms with Crippen molar-refractivity contribution < 1.29 is 0 Å². The fourth-order valence-electron chi connectivity index (χ4n) is 2.03. The van der Waals surface area contributed by atoms with Gasteiger partial charge >= 0.3 is 0 Å². The van der Waals surface area contributed by atoms with Gasteiger partial charge in [-0.3, -0.25) is 0 Å². The topological polar surface area (TPSA) is 12.0 Å². The van der Waals surface area contributed by atoms with E-state index in [4.69, 9.17) is 0 Å². The minimum absolute atomic E-state index is 0.692. The molecule has 0 bridgehead atoms. The average molecular weight is 197 g/mol. The maximum absolute atomic E-state index is 3.44. The Bertz CT molecular complexity index is 432. The van der Waals surface area contributed by atoms with E-state index in [-0.39, 0.29) is 0 Å². The SMILES string of the molecule is C(#CC1CC1)c1cccc2c1CCCN2. The molecule has 1 heterocycles. The largest absolute Gasteiger partial charge is 0.385 e. The molecule has 15 heavy (non-hydrogen) atoms. The van der Waals surface area contributed by atoms with Crippen LogP contribution in [0, 0.1) is 17.8 Å². The molecule has 1 aliphatic heterocycles. The van der Waals surface area contributed by atoms with E-state index in [0.29, 0.717) is 5.92 Å². The van der Waals surface area contributed by atoms with Gasteiger partial charge in [-0.2, -0.15) is 0 Å². The number of nitrogens with one attached hydrogen (secondary N) is 1. The monoisotopic (exact) mass is 197 g/mol. The van der Waals surface area contributed by atoms with E-state index in [1.807, 2.05) is 0 Å². The van der Waals surface area contributed by atoms with Crippen molar-refractivity contribution in [2.24, 2.45) is 5.92 Å². The van der Waals surface area contributed by atoms with Crippen LogP contribution in [0.2, 0.25) is 0 Å². The van der Waals surface area contributed by atoms with Crippen molar-refractivity contribution in [1.82, 2.24) is 0 Å². The molecular formula is C14H15N. The first-order chi connectivity index (χ1) is 7.43. The van der Waals surface area contributed by atoms with E-state index in [9.17, 15) is 0 Å². The molecule has 76 valence electrons. The highest BCUT2D eigenvalue weighted by atomic mass is 14.9. The van der Waals surface area contributed by atoms with Gasteiger partial charge in [0.15, 0.2) is 0 Å². The third-order valence-corrected chi connectivity index (χ3v) is 3.08. The predicted octanol–water partition coefficient (Wildman–Crippen LogP) is 2.81. The van der Waals surface area contributed by atoms with Gasteiger partial charge in [-0.15, -0.1) is 0 Å². The van der Waals surface area contributed by atoms with Crippen molar-refractivity contribution in [3.05, 3.63) is 29.3 Å². The molecule has 1 aromatic carbocycles. The Hall–Kier alpha value is -1.42. The highest BCUT2D eigenvalue weighted by Gasteiger charge is 2.18. The zero-order chi connectivity index (χ0) is 10.1. The standard InChI is InChI=1S/C14H15N/c1-3-12(9-8-11-6-7-11)13-4-2-10-15-14(13)5-1/h1,3,5,11,15H,2,4,6-7,10H2. The van der Waals surface area contributed by atoms with Gasteiger partial charge < -0.3 is 5.32 Å². The Morgan fingerprint density at radius 2 is 2.20 bits per heavy atom. The molecule has 0 radical (unpaired) electrons. The van der Waals surface area contributed by atoms with Crippen molar-refractivity contribution in [3.8, 4) is 11.8 Å². The minimum atomic E-state index is 0.692. The summed E-state index contributed by atoms with van der Waals surface area (Å²) in [6, 6.07) is 6.42. The van der Waals surface area contributed by atoms with Gasteiger partial charge in [0.25, 0.3) is 0 Å². The van der Waals surface area contributed by atoms with Crippen LogP contribution in [0.15, 0.2) is 18.2 Å². The third kappa shape index (κ3) is 1.85. The summed E-state index contributed by atoms with van der Waals surface area (Å²) in [5.74, 6) is 7.38. The van der Waals surface area contributed by atoms with E-state index < -0.39 is 0 Å². The molecular weight excluding hydrogens is 182 g/mol. The fourth-order valence-corrected chi connectivity index (χ4v) is 2.03. The number of anilines is 1. The molecule has 1 saturated carbocycles. The van der Waals surface area contributed by atoms with Crippen LogP contribution in [0.1, 0.15) is 30.4 Å². The quantitative estimate of drug-likeness (QED) is 0.631. The first kappa shape index (κ1) is 8.85. The van der Waals surface area contributed by atoms with E-state index in [1.165, 1.54) is 42.5 Å². The summed E-state index contributed by atoms with van der Waals surface area (Å²) >= 11 is 0. The van der Waals surface area contributed by atoms with Crippen molar-refractivity contribution in [2.75, 3.05) is 11.9 Å². The molecule has 2 aliphatic rings. The summed E-state index contributed by atoms with van der Waals surface area (Å²) in [6.45, 7) is 1.10. The Labute approximate surface area is 90.9 Å². The highest BCUT2D eigenvalue weighted by molar-refractivity contribution is 5.60. The van der Waals surface area contributed by atoms with Gasteiger partial charge in [0.2, 0.25) is 0 Å². The summed E-state index contributed by atoms with van der Waals surface area (Å²) in [7, 11) is 0. The van der Waals surface area contributed by atoms with Gasteiger partial charge in [0.05, 0.1) is 0 Å². The zero-order valence-electron chi connectivity index (χ0n) is 8.84. The van der Waals surface area contributed by atoms with Crippen LogP contribution < -0.4 is 5.32 Å². The van der Waals surface area contributed by atoms with Gasteiger partial charge in [0.1, 0.15) is 0 Å². The van der Waals surface area contributed by atoms with Gasteiger partial charge in [0, 0.05) is 23.7 Å². The Morgan fingerprint density at radius 3 is 3.07 bits per heavy atom. The van der Waals surface area contributed by atoms with E-state index in [2.05, 4.69) is 35.4 Å². The molecule has 1 fully saturated rings. The number of rotatable bonds is 0. The maximum Gasteiger partial charge on any atom is 0.0385 e. The number of benzene rings is 1. The van der Waals surface area contributed by atoms with Crippen LogP contribution in [0.25, 0.3) is 0 Å². The molecule has 1 aliphatic carbocycles. The van der Waals surface area contributed by atoms with Crippen LogP contribution >= 0.6 is 0 Å². The molecule has 0 spiro atoms. The lowest BCUT2D eigenvalue weighted by Gasteiger charge is -2.18. The van der Waals surface area contributed by atoms with Crippen molar-refractivity contribution in [1.29, 1.82) is 0 Å². The smallest absolute Gasteiger partial charge is 0.0385 e. The number of fused-ring (bicyclic) bond motifs is 1. The van der Waals surface area contributed by atoms with Crippen LogP contribution in [-0.4, -0.2) is 6.54 Å². The number of hydrogen-bond acceptors (Lipinski definition) is 1. The molecule has 1 aromatic rings. The van der Waals surface area contributed by atoms with Crippen molar-refractivity contribution >= 4 is 5.69 Å². The van der Waals surface area contributed by atoms with E-state index in [1.54, 1.807) is 0 Å². The molecule has 1 N–H and O–H groups in total. The van der Waals surface area contributed by atoms with Gasteiger partial charge in [-0.1, -0.05) is 17.9 Å². The average Bonchev–Trinajstić information content (AvgIpc) is 3.10. The fraction of sp³-hybridized carbons (Fsp3) is 0.429. The molecule has 0 amide bonds. The Balaban J connectivity index is 1.96. The minimum Gasteiger partial charge on any atom is -0.385 e. The Morgan fingerprint density at radius 1 is 1.27 bits per heavy atom. The lowest BCUT2D eigenvalue weighted by molar-refractivity contribution is 0.828. The molecule has 1 nitrogen and oxygen atoms in total. The second-order valence-corrected chi connectivity index (χ2v) is 4.41. The Kier molecular flexibility index (Phi) is 2.14. The van der Waals surface area contributed by atoms with Crippen LogP contribution in [0.5, 0.6) is 0 Å². The first-order valence-corrected chi connectivity index (χ1v) is 5.81. The van der Waals surface area contributed by atoms with Gasteiger partial charge in [-0.25, -0.2) is 0 Å². The maximum atomic E-state index is 3.44. The predicted molar refractivity (Wildman–Crippen MR) is 62.9 cm³/mol. The normalized spacial score (nSPS) is 18.4. The van der Waals surface area contributed by atoms with E-state index >= 15 is 0 Å². The van der Waals surface area contributed by atoms with Crippen molar-refractivity contribution in [3.63, 3.8) is 0 Å². The molecule has 3 rings (SSSR count). The summed E-state index contributed by atoms with van der Waals surface area (Å²) < 4.78 is 0. The molecule has 1 heteroatoms. The summed E-state index contributed by atoms with van der Waals surface area (Å²) in [5.41, 5.74) is 3.97. The van der Waals surface area contributed by atoms with Crippen LogP contribution in [-0.2, 0) is 6.42 Å².